The molecule has 0 aliphatic carbocycles. The fourth-order valence-corrected chi connectivity index (χ4v) is 7.44. The van der Waals surface area contributed by atoms with Crippen LogP contribution in [0.25, 0.3) is 88.8 Å². The van der Waals surface area contributed by atoms with E-state index in [0.29, 0.717) is 0 Å². The van der Waals surface area contributed by atoms with Crippen LogP contribution >= 0.6 is 0 Å². The van der Waals surface area contributed by atoms with Crippen LogP contribution in [0.3, 0.4) is 0 Å². The number of fused-ring (bicyclic) bond motifs is 13. The summed E-state index contributed by atoms with van der Waals surface area (Å²) in [5, 5.41) is 2.49. The molecule has 0 aliphatic heterocycles. The fourth-order valence-electron chi connectivity index (χ4n) is 7.44. The molecule has 0 saturated carbocycles. The molecule has 0 N–H and O–H groups in total. The van der Waals surface area contributed by atoms with Crippen molar-refractivity contribution in [2.75, 3.05) is 0 Å². The highest BCUT2D eigenvalue weighted by Crippen LogP contribution is 2.39. The molecule has 0 bridgehead atoms. The molecule has 0 amide bonds. The average molecular weight is 563 g/mol. The van der Waals surface area contributed by atoms with Gasteiger partial charge in [0.2, 0.25) is 11.6 Å². The summed E-state index contributed by atoms with van der Waals surface area (Å²) in [7, 11) is 0. The third kappa shape index (κ3) is 2.67. The topological polar surface area (TPSA) is 43.9 Å². The first-order chi connectivity index (χ1) is 21.8. The van der Waals surface area contributed by atoms with Gasteiger partial charge in [0.25, 0.3) is 0 Å². The second kappa shape index (κ2) is 7.82. The Morgan fingerprint density at radius 1 is 0.386 bits per heavy atom. The zero-order valence-corrected chi connectivity index (χ0v) is 23.4. The lowest BCUT2D eigenvalue weighted by Gasteiger charge is -2.08. The van der Waals surface area contributed by atoms with E-state index in [-0.39, 0.29) is 0 Å². The van der Waals surface area contributed by atoms with Crippen LogP contribution in [-0.4, -0.2) is 27.7 Å². The van der Waals surface area contributed by atoms with Gasteiger partial charge in [-0.05, 0) is 77.9 Å². The minimum Gasteiger partial charge on any atom is -0.309 e. The van der Waals surface area contributed by atoms with Crippen molar-refractivity contribution in [3.05, 3.63) is 133 Å². The monoisotopic (exact) mass is 562 g/mol. The molecule has 6 heteroatoms. The Labute approximate surface area is 249 Å². The maximum Gasteiger partial charge on any atom is 0.223 e. The Morgan fingerprint density at radius 3 is 1.64 bits per heavy atom. The standard InChI is InChI=1S/C38H22N6/c1-2-10-25(11-3-1)41-30-15-7-4-12-26(30)27-20-23(18-19-31(27)41)24-21-34-36-35(22-24)43-33-17-9-6-14-29(33)40-38(43)44(36)37-39-28-13-5-8-16-32(28)42(34)37/h1-22H. The quantitative estimate of drug-likeness (QED) is 0.211. The van der Waals surface area contributed by atoms with Crippen LogP contribution in [0.2, 0.25) is 0 Å². The summed E-state index contributed by atoms with van der Waals surface area (Å²) in [6.07, 6.45) is 0. The summed E-state index contributed by atoms with van der Waals surface area (Å²) in [5.41, 5.74) is 13.4. The number of nitrogens with zero attached hydrogens (tertiary/aromatic N) is 6. The molecule has 11 rings (SSSR count). The van der Waals surface area contributed by atoms with Crippen molar-refractivity contribution in [1.82, 2.24) is 27.7 Å². The third-order valence-electron chi connectivity index (χ3n) is 9.28. The van der Waals surface area contributed by atoms with Crippen LogP contribution in [0.4, 0.5) is 0 Å². The molecule has 204 valence electrons. The van der Waals surface area contributed by atoms with E-state index >= 15 is 0 Å². The van der Waals surface area contributed by atoms with E-state index in [2.05, 4.69) is 139 Å². The minimum absolute atomic E-state index is 0.884. The fraction of sp³-hybridized carbons (Fsp3) is 0. The molecule has 0 saturated heterocycles. The number of hydrogen-bond acceptors (Lipinski definition) is 2. The van der Waals surface area contributed by atoms with Gasteiger partial charge in [0.1, 0.15) is 5.52 Å². The highest BCUT2D eigenvalue weighted by Gasteiger charge is 2.24. The second-order valence-electron chi connectivity index (χ2n) is 11.6. The van der Waals surface area contributed by atoms with Crippen molar-refractivity contribution in [2.24, 2.45) is 0 Å². The Balaban J connectivity index is 1.28. The predicted octanol–water partition coefficient (Wildman–Crippen LogP) is 8.90. The van der Waals surface area contributed by atoms with Gasteiger partial charge in [0.05, 0.1) is 44.1 Å². The average Bonchev–Trinajstić information content (AvgIpc) is 3.86. The molecule has 44 heavy (non-hydrogen) atoms. The van der Waals surface area contributed by atoms with E-state index in [9.17, 15) is 0 Å². The molecule has 0 spiro atoms. The van der Waals surface area contributed by atoms with E-state index < -0.39 is 0 Å². The summed E-state index contributed by atoms with van der Waals surface area (Å²) in [6, 6.07) is 47.6. The van der Waals surface area contributed by atoms with Gasteiger partial charge in [-0.25, -0.2) is 14.4 Å². The predicted molar refractivity (Wildman–Crippen MR) is 178 cm³/mol. The molecule has 0 unspecified atom stereocenters. The molecule has 6 nitrogen and oxygen atoms in total. The van der Waals surface area contributed by atoms with Crippen LogP contribution in [0.5, 0.6) is 0 Å². The molecule has 0 atom stereocenters. The van der Waals surface area contributed by atoms with Crippen LogP contribution < -0.4 is 0 Å². The molecular weight excluding hydrogens is 540 g/mol. The maximum absolute atomic E-state index is 5.10. The molecule has 0 radical (unpaired) electrons. The summed E-state index contributed by atoms with van der Waals surface area (Å²) < 4.78 is 9.17. The normalized spacial score (nSPS) is 12.5. The van der Waals surface area contributed by atoms with E-state index in [4.69, 9.17) is 9.97 Å². The molecule has 5 aromatic heterocycles. The number of para-hydroxylation sites is 6. The van der Waals surface area contributed by atoms with Gasteiger partial charge in [-0.15, -0.1) is 0 Å². The minimum atomic E-state index is 0.884. The smallest absolute Gasteiger partial charge is 0.223 e. The Bertz CT molecular complexity index is 2820. The van der Waals surface area contributed by atoms with Crippen molar-refractivity contribution < 1.29 is 0 Å². The van der Waals surface area contributed by atoms with Crippen molar-refractivity contribution in [1.29, 1.82) is 0 Å². The lowest BCUT2D eigenvalue weighted by Crippen LogP contribution is -1.92. The summed E-state index contributed by atoms with van der Waals surface area (Å²) >= 11 is 0. The van der Waals surface area contributed by atoms with Gasteiger partial charge in [-0.2, -0.15) is 0 Å². The zero-order chi connectivity index (χ0) is 28.5. The van der Waals surface area contributed by atoms with Gasteiger partial charge in [0.15, 0.2) is 0 Å². The largest absolute Gasteiger partial charge is 0.309 e. The first-order valence-electron chi connectivity index (χ1n) is 14.9. The summed E-state index contributed by atoms with van der Waals surface area (Å²) in [6.45, 7) is 0. The number of aromatic nitrogens is 6. The van der Waals surface area contributed by atoms with E-state index in [0.717, 1.165) is 61.4 Å². The number of hydrogen-bond donors (Lipinski definition) is 0. The third-order valence-corrected chi connectivity index (χ3v) is 9.28. The van der Waals surface area contributed by atoms with Crippen LogP contribution in [0.15, 0.2) is 133 Å². The Hall–Kier alpha value is -6.14. The molecule has 6 aromatic carbocycles. The van der Waals surface area contributed by atoms with Crippen LogP contribution in [0, 0.1) is 0 Å². The lowest BCUT2D eigenvalue weighted by molar-refractivity contribution is 1.15. The Kier molecular flexibility index (Phi) is 3.99. The highest BCUT2D eigenvalue weighted by atomic mass is 15.3. The number of imidazole rings is 4. The summed E-state index contributed by atoms with van der Waals surface area (Å²) in [5.74, 6) is 1.77. The van der Waals surface area contributed by atoms with Crippen LogP contribution in [0.1, 0.15) is 0 Å². The summed E-state index contributed by atoms with van der Waals surface area (Å²) in [4.78, 5) is 10.2. The maximum atomic E-state index is 5.10. The van der Waals surface area contributed by atoms with E-state index in [1.807, 2.05) is 12.1 Å². The molecule has 0 aliphatic rings. The SMILES string of the molecule is c1ccc(-n2c3ccccc3c3cc(-c4cc5c6c(c4)n4c7ccccc7nc4n6c4nc6ccccc6n54)ccc32)cc1. The highest BCUT2D eigenvalue weighted by molar-refractivity contribution is 6.11. The molecule has 5 heterocycles. The molecular formula is C38H22N6. The van der Waals surface area contributed by atoms with E-state index in [1.54, 1.807) is 0 Å². The number of rotatable bonds is 2. The molecule has 0 fully saturated rings. The first kappa shape index (κ1) is 22.5. The van der Waals surface area contributed by atoms with Gasteiger partial charge in [-0.1, -0.05) is 66.7 Å². The first-order valence-corrected chi connectivity index (χ1v) is 14.9. The Morgan fingerprint density at radius 2 is 0.955 bits per heavy atom. The zero-order valence-electron chi connectivity index (χ0n) is 23.4. The van der Waals surface area contributed by atoms with Crippen molar-refractivity contribution >= 4 is 72.0 Å². The lowest BCUT2D eigenvalue weighted by atomic mass is 10.0. The van der Waals surface area contributed by atoms with Crippen molar-refractivity contribution in [3.8, 4) is 16.8 Å². The van der Waals surface area contributed by atoms with E-state index in [1.165, 1.54) is 27.4 Å². The van der Waals surface area contributed by atoms with Crippen molar-refractivity contribution in [2.45, 2.75) is 0 Å². The van der Waals surface area contributed by atoms with Gasteiger partial charge >= 0.3 is 0 Å². The van der Waals surface area contributed by atoms with Crippen molar-refractivity contribution in [3.63, 3.8) is 0 Å². The van der Waals surface area contributed by atoms with Crippen LogP contribution in [-0.2, 0) is 0 Å². The van der Waals surface area contributed by atoms with Gasteiger partial charge in [0, 0.05) is 16.5 Å². The molecule has 11 aromatic rings. The van der Waals surface area contributed by atoms with Gasteiger partial charge < -0.3 is 4.57 Å². The number of benzene rings is 6. The van der Waals surface area contributed by atoms with Gasteiger partial charge in [-0.3, -0.25) is 8.80 Å². The second-order valence-corrected chi connectivity index (χ2v) is 11.6.